The van der Waals surface area contributed by atoms with Crippen LogP contribution >= 0.6 is 0 Å². The van der Waals surface area contributed by atoms with Crippen molar-refractivity contribution in [2.75, 3.05) is 37.8 Å². The highest BCUT2D eigenvalue weighted by molar-refractivity contribution is 7.91. The third kappa shape index (κ3) is 4.92. The van der Waals surface area contributed by atoms with Crippen LogP contribution in [0.3, 0.4) is 0 Å². The molecule has 1 N–H and O–H groups in total. The number of ether oxygens (including phenoxy) is 1. The zero-order chi connectivity index (χ0) is 19.9. The number of sulfone groups is 1. The Hall–Kier alpha value is -1.38. The van der Waals surface area contributed by atoms with Gasteiger partial charge >= 0.3 is 0 Å². The lowest BCUT2D eigenvalue weighted by molar-refractivity contribution is 0.0309. The van der Waals surface area contributed by atoms with Crippen LogP contribution in [0, 0.1) is 0 Å². The third-order valence-corrected chi connectivity index (χ3v) is 7.09. The Bertz CT molecular complexity index is 803. The van der Waals surface area contributed by atoms with Gasteiger partial charge in [-0.15, -0.1) is 0 Å². The fraction of sp³-hybridized carbons (Fsp3) is 0.737. The summed E-state index contributed by atoms with van der Waals surface area (Å²) in [7, 11) is -3.09. The summed E-state index contributed by atoms with van der Waals surface area (Å²) in [5.41, 5.74) is -0.457. The van der Waals surface area contributed by atoms with E-state index in [1.54, 1.807) is 13.0 Å². The highest BCUT2D eigenvalue weighted by Gasteiger charge is 2.40. The van der Waals surface area contributed by atoms with Crippen molar-refractivity contribution in [3.63, 3.8) is 0 Å². The Kier molecular flexibility index (Phi) is 5.44. The molecule has 0 aromatic carbocycles. The molecule has 0 saturated carbocycles. The van der Waals surface area contributed by atoms with E-state index in [-0.39, 0.29) is 22.8 Å². The summed E-state index contributed by atoms with van der Waals surface area (Å²) < 4.78 is 35.1. The van der Waals surface area contributed by atoms with Crippen LogP contribution in [-0.2, 0) is 26.5 Å². The average Bonchev–Trinajstić information content (AvgIpc) is 3.09. The van der Waals surface area contributed by atoms with Crippen LogP contribution < -0.4 is 5.32 Å². The number of carbonyl (C=O) groups excluding carboxylic acids is 1. The van der Waals surface area contributed by atoms with Crippen molar-refractivity contribution in [3.05, 3.63) is 23.2 Å². The highest BCUT2D eigenvalue weighted by atomic mass is 32.2. The first-order valence-electron chi connectivity index (χ1n) is 9.44. The summed E-state index contributed by atoms with van der Waals surface area (Å²) in [5.74, 6) is 1.21. The second-order valence-electron chi connectivity index (χ2n) is 8.94. The van der Waals surface area contributed by atoms with Crippen LogP contribution in [0.2, 0.25) is 0 Å². The second kappa shape index (κ2) is 7.22. The number of rotatable bonds is 4. The summed E-state index contributed by atoms with van der Waals surface area (Å²) >= 11 is 0. The average molecular weight is 399 g/mol. The van der Waals surface area contributed by atoms with Gasteiger partial charge in [-0.2, -0.15) is 0 Å². The van der Waals surface area contributed by atoms with Crippen LogP contribution in [0.4, 0.5) is 0 Å². The van der Waals surface area contributed by atoms with E-state index >= 15 is 0 Å². The number of morpholine rings is 1. The Morgan fingerprint density at radius 1 is 1.30 bits per heavy atom. The number of nitrogens with zero attached hydrogens (tertiary/aromatic N) is 1. The molecular weight excluding hydrogens is 368 g/mol. The highest BCUT2D eigenvalue weighted by Crippen LogP contribution is 2.30. The van der Waals surface area contributed by atoms with E-state index in [9.17, 15) is 13.2 Å². The van der Waals surface area contributed by atoms with Crippen LogP contribution in [-0.4, -0.2) is 62.6 Å². The number of carbonyl (C=O) groups is 1. The van der Waals surface area contributed by atoms with Crippen molar-refractivity contribution in [2.45, 2.75) is 51.6 Å². The van der Waals surface area contributed by atoms with E-state index in [0.717, 1.165) is 18.8 Å². The number of hydrogen-bond donors (Lipinski definition) is 1. The van der Waals surface area contributed by atoms with Crippen molar-refractivity contribution < 1.29 is 22.4 Å². The molecule has 3 rings (SSSR count). The number of hydrogen-bond acceptors (Lipinski definition) is 6. The van der Waals surface area contributed by atoms with Gasteiger partial charge in [-0.1, -0.05) is 20.8 Å². The van der Waals surface area contributed by atoms with Gasteiger partial charge in [-0.05, 0) is 19.4 Å². The van der Waals surface area contributed by atoms with Crippen LogP contribution in [0.25, 0.3) is 0 Å². The molecule has 0 spiro atoms. The van der Waals surface area contributed by atoms with Crippen LogP contribution in [0.1, 0.15) is 56.0 Å². The first-order valence-corrected chi connectivity index (χ1v) is 11.3. The van der Waals surface area contributed by atoms with Gasteiger partial charge in [0.25, 0.3) is 5.91 Å². The van der Waals surface area contributed by atoms with E-state index < -0.39 is 15.4 Å². The fourth-order valence-corrected chi connectivity index (χ4v) is 5.61. The Morgan fingerprint density at radius 2 is 1.96 bits per heavy atom. The molecule has 2 aliphatic heterocycles. The lowest BCUT2D eigenvalue weighted by Gasteiger charge is -2.26. The minimum atomic E-state index is -3.09. The normalized spacial score (nSPS) is 26.2. The maximum atomic E-state index is 13.0. The second-order valence-corrected chi connectivity index (χ2v) is 11.1. The molecule has 27 heavy (non-hydrogen) atoms. The summed E-state index contributed by atoms with van der Waals surface area (Å²) in [6, 6.07) is 1.80. The first-order chi connectivity index (χ1) is 12.5. The van der Waals surface area contributed by atoms with Crippen molar-refractivity contribution in [1.29, 1.82) is 0 Å². The Morgan fingerprint density at radius 3 is 2.52 bits per heavy atom. The quantitative estimate of drug-likeness (QED) is 0.831. The SMILES string of the molecule is CC(C)(C)c1cc(C(=O)N[C@@]2(C)CCS(=O)(=O)C2)c(CN2CCOCC2)o1. The first kappa shape index (κ1) is 20.4. The van der Waals surface area contributed by atoms with E-state index in [1.807, 2.05) is 20.8 Å². The van der Waals surface area contributed by atoms with E-state index in [4.69, 9.17) is 9.15 Å². The van der Waals surface area contributed by atoms with Gasteiger partial charge in [0.05, 0.1) is 42.4 Å². The molecule has 0 aliphatic carbocycles. The molecule has 1 amide bonds. The molecule has 152 valence electrons. The Labute approximate surface area is 161 Å². The zero-order valence-corrected chi connectivity index (χ0v) is 17.4. The van der Waals surface area contributed by atoms with Gasteiger partial charge in [0.15, 0.2) is 9.84 Å². The Balaban J connectivity index is 1.83. The van der Waals surface area contributed by atoms with Crippen molar-refractivity contribution >= 4 is 15.7 Å². The predicted molar refractivity (Wildman–Crippen MR) is 103 cm³/mol. The molecule has 8 heteroatoms. The van der Waals surface area contributed by atoms with E-state index in [1.165, 1.54) is 0 Å². The maximum absolute atomic E-state index is 13.0. The van der Waals surface area contributed by atoms with Gasteiger partial charge in [-0.3, -0.25) is 9.69 Å². The molecule has 2 fully saturated rings. The molecule has 3 heterocycles. The lowest BCUT2D eigenvalue weighted by atomic mass is 9.93. The molecule has 1 aromatic heterocycles. The summed E-state index contributed by atoms with van der Waals surface area (Å²) in [6.45, 7) is 11.4. The summed E-state index contributed by atoms with van der Waals surface area (Å²) in [5, 5.41) is 2.95. The minimum Gasteiger partial charge on any atom is -0.463 e. The molecule has 1 aromatic rings. The zero-order valence-electron chi connectivity index (χ0n) is 16.6. The van der Waals surface area contributed by atoms with E-state index in [2.05, 4.69) is 10.2 Å². The summed E-state index contributed by atoms with van der Waals surface area (Å²) in [6.07, 6.45) is 0.434. The summed E-state index contributed by atoms with van der Waals surface area (Å²) in [4.78, 5) is 15.2. The van der Waals surface area contributed by atoms with E-state index in [0.29, 0.717) is 37.5 Å². The molecule has 0 bridgehead atoms. The van der Waals surface area contributed by atoms with Crippen LogP contribution in [0.15, 0.2) is 10.5 Å². The van der Waals surface area contributed by atoms with Crippen molar-refractivity contribution in [3.8, 4) is 0 Å². The third-order valence-electron chi connectivity index (χ3n) is 5.18. The monoisotopic (exact) mass is 398 g/mol. The molecular formula is C19H30N2O5S. The predicted octanol–water partition coefficient (Wildman–Crippen LogP) is 1.72. The van der Waals surface area contributed by atoms with Crippen molar-refractivity contribution in [1.82, 2.24) is 10.2 Å². The molecule has 2 aliphatic rings. The van der Waals surface area contributed by atoms with Crippen LogP contribution in [0.5, 0.6) is 0 Å². The molecule has 2 saturated heterocycles. The minimum absolute atomic E-state index is 0.0193. The van der Waals surface area contributed by atoms with Gasteiger partial charge in [0.1, 0.15) is 11.5 Å². The number of amides is 1. The number of furan rings is 1. The molecule has 7 nitrogen and oxygen atoms in total. The standard InChI is InChI=1S/C19H30N2O5S/c1-18(2,3)16-11-14(15(26-16)12-21-6-8-25-9-7-21)17(22)20-19(4)5-10-27(23,24)13-19/h11H,5-10,12-13H2,1-4H3,(H,20,22)/t19-/m0/s1. The largest absolute Gasteiger partial charge is 0.463 e. The maximum Gasteiger partial charge on any atom is 0.255 e. The van der Waals surface area contributed by atoms with Gasteiger partial charge in [-0.25, -0.2) is 8.42 Å². The molecule has 1 atom stereocenters. The smallest absolute Gasteiger partial charge is 0.255 e. The molecule has 0 unspecified atom stereocenters. The van der Waals surface area contributed by atoms with Crippen molar-refractivity contribution in [2.24, 2.45) is 0 Å². The number of nitrogens with one attached hydrogen (secondary N) is 1. The fourth-order valence-electron chi connectivity index (χ4n) is 3.52. The van der Waals surface area contributed by atoms with Gasteiger partial charge in [0, 0.05) is 18.5 Å². The van der Waals surface area contributed by atoms with Gasteiger partial charge < -0.3 is 14.5 Å². The topological polar surface area (TPSA) is 88.9 Å². The molecule has 0 radical (unpaired) electrons. The lowest BCUT2D eigenvalue weighted by Crippen LogP contribution is -2.47. The van der Waals surface area contributed by atoms with Gasteiger partial charge in [0.2, 0.25) is 0 Å².